The quantitative estimate of drug-likeness (QED) is 0.701. The van der Waals surface area contributed by atoms with Crippen molar-refractivity contribution in [2.45, 2.75) is 13.8 Å². The van der Waals surface area contributed by atoms with Gasteiger partial charge in [0.15, 0.2) is 10.4 Å². The summed E-state index contributed by atoms with van der Waals surface area (Å²) in [5.41, 5.74) is 4.65. The van der Waals surface area contributed by atoms with Crippen molar-refractivity contribution < 1.29 is 4.74 Å². The predicted molar refractivity (Wildman–Crippen MR) is 87.8 cm³/mol. The Hall–Kier alpha value is -1.73. The van der Waals surface area contributed by atoms with E-state index in [0.717, 1.165) is 21.3 Å². The van der Waals surface area contributed by atoms with Crippen LogP contribution in [-0.4, -0.2) is 26.6 Å². The number of imidazole rings is 1. The number of aryl methyl sites for hydroxylation is 2. The maximum absolute atomic E-state index is 5.47. The van der Waals surface area contributed by atoms with Gasteiger partial charge in [0.25, 0.3) is 0 Å². The number of aromatic amines is 1. The summed E-state index contributed by atoms with van der Waals surface area (Å²) in [5, 5.41) is 0. The van der Waals surface area contributed by atoms with Gasteiger partial charge in [0.05, 0.1) is 12.8 Å². The van der Waals surface area contributed by atoms with Crippen LogP contribution in [0.3, 0.4) is 0 Å². The number of ether oxygens (including phenoxy) is 1. The highest BCUT2D eigenvalue weighted by Crippen LogP contribution is 2.29. The number of H-pyrrole nitrogens is 1. The van der Waals surface area contributed by atoms with E-state index in [4.69, 9.17) is 17.0 Å². The number of fused-ring (bicyclic) bond motifs is 1. The molecule has 1 aromatic carbocycles. The number of benzene rings is 1. The van der Waals surface area contributed by atoms with Crippen molar-refractivity contribution in [3.8, 4) is 11.6 Å². The Bertz CT molecular complexity index is 877. The number of hydrogen-bond donors (Lipinski definition) is 1. The molecule has 0 aliphatic carbocycles. The molecule has 0 radical (unpaired) electrons. The number of methoxy groups -OCH3 is 1. The van der Waals surface area contributed by atoms with Gasteiger partial charge in [-0.1, -0.05) is 15.9 Å². The Morgan fingerprint density at radius 2 is 1.90 bits per heavy atom. The van der Waals surface area contributed by atoms with Gasteiger partial charge < -0.3 is 9.72 Å². The van der Waals surface area contributed by atoms with E-state index in [9.17, 15) is 0 Å². The molecule has 2 heterocycles. The van der Waals surface area contributed by atoms with Crippen molar-refractivity contribution in [3.05, 3.63) is 38.8 Å². The van der Waals surface area contributed by atoms with Crippen LogP contribution >= 0.6 is 28.1 Å². The summed E-state index contributed by atoms with van der Waals surface area (Å²) in [6.45, 7) is 4.10. The second kappa shape index (κ2) is 5.23. The van der Waals surface area contributed by atoms with Crippen molar-refractivity contribution in [2.24, 2.45) is 0 Å². The van der Waals surface area contributed by atoms with E-state index in [1.54, 1.807) is 7.11 Å². The summed E-state index contributed by atoms with van der Waals surface area (Å²) in [6, 6.07) is 4.11. The lowest BCUT2D eigenvalue weighted by atomic mass is 10.1. The van der Waals surface area contributed by atoms with Gasteiger partial charge in [0.2, 0.25) is 5.88 Å². The summed E-state index contributed by atoms with van der Waals surface area (Å²) in [4.78, 5) is 11.6. The molecular formula is C14H13BrN4OS. The SMILES string of the molecule is COc1ncnc2c1[nH]c(=S)n2-c1c(C)cc(Br)cc1C. The molecule has 0 spiro atoms. The first-order chi connectivity index (χ1) is 10.0. The molecule has 0 saturated carbocycles. The van der Waals surface area contributed by atoms with Gasteiger partial charge in [-0.25, -0.2) is 4.98 Å². The third-order valence-electron chi connectivity index (χ3n) is 3.31. The molecule has 0 atom stereocenters. The smallest absolute Gasteiger partial charge is 0.242 e. The Kier molecular flexibility index (Phi) is 3.54. The lowest BCUT2D eigenvalue weighted by molar-refractivity contribution is 0.401. The maximum atomic E-state index is 5.47. The summed E-state index contributed by atoms with van der Waals surface area (Å²) in [6.07, 6.45) is 1.48. The summed E-state index contributed by atoms with van der Waals surface area (Å²) < 4.78 is 8.79. The van der Waals surface area contributed by atoms with Crippen molar-refractivity contribution >= 4 is 39.3 Å². The Balaban J connectivity index is 2.42. The van der Waals surface area contributed by atoms with E-state index >= 15 is 0 Å². The van der Waals surface area contributed by atoms with Crippen molar-refractivity contribution in [2.75, 3.05) is 7.11 Å². The minimum absolute atomic E-state index is 0.484. The lowest BCUT2D eigenvalue weighted by Gasteiger charge is -2.12. The van der Waals surface area contributed by atoms with E-state index in [2.05, 4.69) is 43.0 Å². The predicted octanol–water partition coefficient (Wildman–Crippen LogP) is 3.87. The first-order valence-electron chi connectivity index (χ1n) is 6.29. The van der Waals surface area contributed by atoms with Gasteiger partial charge in [-0.15, -0.1) is 0 Å². The van der Waals surface area contributed by atoms with Crippen LogP contribution in [-0.2, 0) is 0 Å². The van der Waals surface area contributed by atoms with Crippen molar-refractivity contribution in [1.29, 1.82) is 0 Å². The molecule has 108 valence electrons. The second-order valence-corrected chi connectivity index (χ2v) is 6.04. The van der Waals surface area contributed by atoms with E-state index < -0.39 is 0 Å². The highest BCUT2D eigenvalue weighted by Gasteiger charge is 2.16. The molecule has 0 unspecified atom stereocenters. The number of nitrogens with zero attached hydrogens (tertiary/aromatic N) is 3. The first-order valence-corrected chi connectivity index (χ1v) is 7.50. The highest BCUT2D eigenvalue weighted by atomic mass is 79.9. The van der Waals surface area contributed by atoms with Crippen LogP contribution in [0, 0.1) is 18.6 Å². The van der Waals surface area contributed by atoms with Gasteiger partial charge in [-0.05, 0) is 49.3 Å². The molecule has 0 fully saturated rings. The lowest BCUT2D eigenvalue weighted by Crippen LogP contribution is -2.02. The van der Waals surface area contributed by atoms with Crippen molar-refractivity contribution in [3.63, 3.8) is 0 Å². The van der Waals surface area contributed by atoms with Gasteiger partial charge in [0, 0.05) is 4.47 Å². The minimum atomic E-state index is 0.484. The zero-order valence-corrected chi connectivity index (χ0v) is 14.2. The normalized spacial score (nSPS) is 11.0. The van der Waals surface area contributed by atoms with E-state index in [-0.39, 0.29) is 0 Å². The molecule has 0 aliphatic heterocycles. The van der Waals surface area contributed by atoms with Gasteiger partial charge in [-0.3, -0.25) is 4.57 Å². The Morgan fingerprint density at radius 1 is 1.24 bits per heavy atom. The standard InChI is InChI=1S/C14H13BrN4OS/c1-7-4-9(15)5-8(2)11(7)19-12-10(18-14(19)21)13(20-3)17-6-16-12/h4-6H,1-3H3,(H,18,21). The third kappa shape index (κ3) is 2.26. The average molecular weight is 365 g/mol. The zero-order chi connectivity index (χ0) is 15.1. The fourth-order valence-electron chi connectivity index (χ4n) is 2.52. The molecule has 2 aromatic heterocycles. The molecule has 0 saturated heterocycles. The highest BCUT2D eigenvalue weighted by molar-refractivity contribution is 9.10. The number of halogens is 1. The van der Waals surface area contributed by atoms with E-state index in [0.29, 0.717) is 21.8 Å². The fraction of sp³-hybridized carbons (Fsp3) is 0.214. The fourth-order valence-corrected chi connectivity index (χ4v) is 3.48. The molecule has 21 heavy (non-hydrogen) atoms. The molecule has 0 aliphatic rings. The second-order valence-electron chi connectivity index (χ2n) is 4.74. The Morgan fingerprint density at radius 3 is 2.52 bits per heavy atom. The van der Waals surface area contributed by atoms with Crippen molar-refractivity contribution in [1.82, 2.24) is 19.5 Å². The molecule has 3 rings (SSSR count). The number of aromatic nitrogens is 4. The number of hydrogen-bond acceptors (Lipinski definition) is 4. The molecule has 3 aromatic rings. The van der Waals surface area contributed by atoms with Crippen LogP contribution in [0.5, 0.6) is 5.88 Å². The molecule has 5 nitrogen and oxygen atoms in total. The van der Waals surface area contributed by atoms with Crippen LogP contribution in [0.15, 0.2) is 22.9 Å². The number of nitrogens with one attached hydrogen (secondary N) is 1. The summed E-state index contributed by atoms with van der Waals surface area (Å²) in [7, 11) is 1.58. The van der Waals surface area contributed by atoms with Crippen LogP contribution < -0.4 is 4.74 Å². The molecular weight excluding hydrogens is 352 g/mol. The minimum Gasteiger partial charge on any atom is -0.479 e. The monoisotopic (exact) mass is 364 g/mol. The molecule has 7 heteroatoms. The van der Waals surface area contributed by atoms with Gasteiger partial charge >= 0.3 is 0 Å². The third-order valence-corrected chi connectivity index (χ3v) is 4.05. The van der Waals surface area contributed by atoms with E-state index in [1.165, 1.54) is 6.33 Å². The summed E-state index contributed by atoms with van der Waals surface area (Å²) >= 11 is 8.98. The van der Waals surface area contributed by atoms with Gasteiger partial charge in [0.1, 0.15) is 11.8 Å². The number of rotatable bonds is 2. The molecule has 0 bridgehead atoms. The summed E-state index contributed by atoms with van der Waals surface area (Å²) in [5.74, 6) is 0.484. The largest absolute Gasteiger partial charge is 0.479 e. The molecule has 0 amide bonds. The van der Waals surface area contributed by atoms with Crippen LogP contribution in [0.2, 0.25) is 0 Å². The van der Waals surface area contributed by atoms with Gasteiger partial charge in [-0.2, -0.15) is 4.98 Å². The van der Waals surface area contributed by atoms with Crippen LogP contribution in [0.25, 0.3) is 16.9 Å². The first kappa shape index (κ1) is 14.2. The topological polar surface area (TPSA) is 55.7 Å². The van der Waals surface area contributed by atoms with Crippen LogP contribution in [0.1, 0.15) is 11.1 Å². The average Bonchev–Trinajstić information content (AvgIpc) is 2.74. The Labute approximate surface area is 135 Å². The van der Waals surface area contributed by atoms with E-state index in [1.807, 2.05) is 18.4 Å². The molecule has 1 N–H and O–H groups in total. The zero-order valence-electron chi connectivity index (χ0n) is 11.8. The van der Waals surface area contributed by atoms with Crippen LogP contribution in [0.4, 0.5) is 0 Å². The maximum Gasteiger partial charge on any atom is 0.242 e.